The zero-order chi connectivity index (χ0) is 9.80. The molecule has 2 rings (SSSR count). The van der Waals surface area contributed by atoms with E-state index in [1.807, 2.05) is 30.3 Å². The van der Waals surface area contributed by atoms with Gasteiger partial charge in [-0.15, -0.1) is 10.2 Å². The van der Waals surface area contributed by atoms with E-state index in [-0.39, 0.29) is 0 Å². The molecular weight excluding hydrogens is 178 g/mol. The molecule has 0 N–H and O–H groups in total. The number of aldehydes is 1. The van der Waals surface area contributed by atoms with Gasteiger partial charge in [0.05, 0.1) is 6.54 Å². The average molecular weight is 187 g/mol. The minimum absolute atomic E-state index is 0.355. The fourth-order valence-electron chi connectivity index (χ4n) is 1.26. The maximum absolute atomic E-state index is 10.6. The van der Waals surface area contributed by atoms with Gasteiger partial charge in [-0.25, -0.2) is 0 Å². The van der Waals surface area contributed by atoms with Gasteiger partial charge < -0.3 is 4.57 Å². The topological polar surface area (TPSA) is 47.8 Å². The summed E-state index contributed by atoms with van der Waals surface area (Å²) in [7, 11) is 0. The molecular formula is C10H9N3O. The number of aromatic nitrogens is 3. The summed E-state index contributed by atoms with van der Waals surface area (Å²) in [4.78, 5) is 10.6. The lowest BCUT2D eigenvalue weighted by atomic mass is 10.2. The summed E-state index contributed by atoms with van der Waals surface area (Å²) in [5.74, 6) is 0.355. The van der Waals surface area contributed by atoms with Crippen LogP contribution in [0.4, 0.5) is 0 Å². The molecule has 70 valence electrons. The van der Waals surface area contributed by atoms with Crippen LogP contribution in [-0.2, 0) is 6.54 Å². The third kappa shape index (κ3) is 1.69. The van der Waals surface area contributed by atoms with Gasteiger partial charge >= 0.3 is 0 Å². The molecule has 0 saturated carbocycles. The lowest BCUT2D eigenvalue weighted by molar-refractivity contribution is 0.111. The zero-order valence-electron chi connectivity index (χ0n) is 7.50. The Kier molecular flexibility index (Phi) is 2.36. The van der Waals surface area contributed by atoms with Gasteiger partial charge in [0.1, 0.15) is 6.33 Å². The summed E-state index contributed by atoms with van der Waals surface area (Å²) in [5.41, 5.74) is 1.12. The van der Waals surface area contributed by atoms with Crippen LogP contribution in [0.1, 0.15) is 16.2 Å². The van der Waals surface area contributed by atoms with Crippen LogP contribution in [0.25, 0.3) is 0 Å². The predicted octanol–water partition coefficient (Wildman–Crippen LogP) is 1.14. The van der Waals surface area contributed by atoms with Crippen LogP contribution in [0.15, 0.2) is 36.7 Å². The van der Waals surface area contributed by atoms with Crippen LogP contribution in [0.3, 0.4) is 0 Å². The lowest BCUT2D eigenvalue weighted by Gasteiger charge is -2.02. The van der Waals surface area contributed by atoms with Gasteiger partial charge in [-0.1, -0.05) is 30.3 Å². The molecule has 4 heteroatoms. The second-order valence-corrected chi connectivity index (χ2v) is 2.92. The Morgan fingerprint density at radius 3 is 2.79 bits per heavy atom. The molecule has 0 fully saturated rings. The van der Waals surface area contributed by atoms with E-state index in [4.69, 9.17) is 0 Å². The van der Waals surface area contributed by atoms with Crippen LogP contribution in [0.5, 0.6) is 0 Å². The molecule has 4 nitrogen and oxygen atoms in total. The molecule has 1 heterocycles. The Morgan fingerprint density at radius 2 is 2.07 bits per heavy atom. The first-order valence-corrected chi connectivity index (χ1v) is 4.27. The number of carbonyl (C=O) groups is 1. The smallest absolute Gasteiger partial charge is 0.196 e. The molecule has 0 amide bonds. The normalized spacial score (nSPS) is 10.0. The SMILES string of the molecule is O=Cc1nncn1Cc1ccccc1. The van der Waals surface area contributed by atoms with Crippen molar-refractivity contribution in [2.45, 2.75) is 6.54 Å². The monoisotopic (exact) mass is 187 g/mol. The van der Waals surface area contributed by atoms with E-state index in [9.17, 15) is 4.79 Å². The van der Waals surface area contributed by atoms with Crippen molar-refractivity contribution in [2.75, 3.05) is 0 Å². The highest BCUT2D eigenvalue weighted by Gasteiger charge is 2.01. The van der Waals surface area contributed by atoms with Crippen molar-refractivity contribution in [1.82, 2.24) is 14.8 Å². The molecule has 1 aromatic carbocycles. The Balaban J connectivity index is 2.23. The van der Waals surface area contributed by atoms with Crippen molar-refractivity contribution in [2.24, 2.45) is 0 Å². The lowest BCUT2D eigenvalue weighted by Crippen LogP contribution is -2.02. The standard InChI is InChI=1S/C10H9N3O/c14-7-10-12-11-8-13(10)6-9-4-2-1-3-5-9/h1-5,7-8H,6H2. The molecule has 0 saturated heterocycles. The molecule has 0 aliphatic heterocycles. The van der Waals surface area contributed by atoms with Gasteiger partial charge in [0.15, 0.2) is 12.1 Å². The molecule has 1 aromatic heterocycles. The van der Waals surface area contributed by atoms with Crippen molar-refractivity contribution >= 4 is 6.29 Å². The van der Waals surface area contributed by atoms with Gasteiger partial charge in [-0.3, -0.25) is 4.79 Å². The molecule has 2 aromatic rings. The molecule has 0 aliphatic rings. The molecule has 0 unspecified atom stereocenters. The fourth-order valence-corrected chi connectivity index (χ4v) is 1.26. The van der Waals surface area contributed by atoms with E-state index in [0.29, 0.717) is 18.7 Å². The van der Waals surface area contributed by atoms with E-state index < -0.39 is 0 Å². The number of carbonyl (C=O) groups excluding carboxylic acids is 1. The van der Waals surface area contributed by atoms with E-state index in [1.54, 1.807) is 10.9 Å². The maximum Gasteiger partial charge on any atom is 0.196 e. The summed E-state index contributed by atoms with van der Waals surface area (Å²) >= 11 is 0. The second kappa shape index (κ2) is 3.83. The van der Waals surface area contributed by atoms with Crippen LogP contribution in [-0.4, -0.2) is 21.1 Å². The van der Waals surface area contributed by atoms with Crippen molar-refractivity contribution in [3.05, 3.63) is 48.0 Å². The summed E-state index contributed by atoms with van der Waals surface area (Å²) in [5, 5.41) is 7.35. The summed E-state index contributed by atoms with van der Waals surface area (Å²) in [6.45, 7) is 0.627. The Labute approximate surface area is 81.2 Å². The van der Waals surface area contributed by atoms with Gasteiger partial charge in [-0.2, -0.15) is 0 Å². The first-order chi connectivity index (χ1) is 6.90. The maximum atomic E-state index is 10.6. The molecule has 0 spiro atoms. The number of hydrogen-bond acceptors (Lipinski definition) is 3. The molecule has 0 radical (unpaired) electrons. The molecule has 0 bridgehead atoms. The molecule has 0 aliphatic carbocycles. The Morgan fingerprint density at radius 1 is 1.29 bits per heavy atom. The highest BCUT2D eigenvalue weighted by Crippen LogP contribution is 2.02. The average Bonchev–Trinajstić information content (AvgIpc) is 2.67. The predicted molar refractivity (Wildman–Crippen MR) is 51.0 cm³/mol. The first-order valence-electron chi connectivity index (χ1n) is 4.27. The van der Waals surface area contributed by atoms with E-state index in [2.05, 4.69) is 10.2 Å². The van der Waals surface area contributed by atoms with Crippen LogP contribution in [0, 0.1) is 0 Å². The molecule has 0 atom stereocenters. The largest absolute Gasteiger partial charge is 0.307 e. The van der Waals surface area contributed by atoms with Crippen molar-refractivity contribution in [3.63, 3.8) is 0 Å². The zero-order valence-corrected chi connectivity index (χ0v) is 7.50. The van der Waals surface area contributed by atoms with Crippen molar-refractivity contribution in [1.29, 1.82) is 0 Å². The van der Waals surface area contributed by atoms with Gasteiger partial charge in [0, 0.05) is 0 Å². The minimum atomic E-state index is 0.355. The second-order valence-electron chi connectivity index (χ2n) is 2.92. The van der Waals surface area contributed by atoms with Gasteiger partial charge in [-0.05, 0) is 5.56 Å². The van der Waals surface area contributed by atoms with E-state index >= 15 is 0 Å². The quantitative estimate of drug-likeness (QED) is 0.677. The third-order valence-corrected chi connectivity index (χ3v) is 1.95. The van der Waals surface area contributed by atoms with Gasteiger partial charge in [0.2, 0.25) is 0 Å². The summed E-state index contributed by atoms with van der Waals surface area (Å²) in [6.07, 6.45) is 2.26. The minimum Gasteiger partial charge on any atom is -0.307 e. The number of rotatable bonds is 3. The van der Waals surface area contributed by atoms with Crippen molar-refractivity contribution in [3.8, 4) is 0 Å². The highest BCUT2D eigenvalue weighted by atomic mass is 16.1. The number of hydrogen-bond donors (Lipinski definition) is 0. The number of nitrogens with zero attached hydrogens (tertiary/aromatic N) is 3. The fraction of sp³-hybridized carbons (Fsp3) is 0.100. The van der Waals surface area contributed by atoms with E-state index in [1.165, 1.54) is 0 Å². The summed E-state index contributed by atoms with van der Waals surface area (Å²) < 4.78 is 1.71. The highest BCUT2D eigenvalue weighted by molar-refractivity contribution is 5.68. The Bertz CT molecular complexity index is 422. The molecule has 14 heavy (non-hydrogen) atoms. The van der Waals surface area contributed by atoms with Crippen molar-refractivity contribution < 1.29 is 4.79 Å². The first kappa shape index (κ1) is 8.62. The third-order valence-electron chi connectivity index (χ3n) is 1.95. The summed E-state index contributed by atoms with van der Waals surface area (Å²) in [6, 6.07) is 9.86. The van der Waals surface area contributed by atoms with E-state index in [0.717, 1.165) is 5.56 Å². The Hall–Kier alpha value is -1.97. The van der Waals surface area contributed by atoms with Gasteiger partial charge in [0.25, 0.3) is 0 Å². The van der Waals surface area contributed by atoms with Crippen LogP contribution < -0.4 is 0 Å². The number of benzene rings is 1. The van der Waals surface area contributed by atoms with Crippen LogP contribution >= 0.6 is 0 Å². The van der Waals surface area contributed by atoms with Crippen LogP contribution in [0.2, 0.25) is 0 Å².